The third kappa shape index (κ3) is 6.49. The van der Waals surface area contributed by atoms with Gasteiger partial charge in [-0.15, -0.1) is 11.3 Å². The van der Waals surface area contributed by atoms with Crippen LogP contribution in [0.2, 0.25) is 0 Å². The summed E-state index contributed by atoms with van der Waals surface area (Å²) in [6, 6.07) is 6.47. The van der Waals surface area contributed by atoms with E-state index in [1.165, 1.54) is 4.88 Å². The topological polar surface area (TPSA) is 79.6 Å². The standard InChI is InChI=1S/C29H35N5S/c1-8-21(16-23(9-2)32-18(4)5)19(6)15-22(24(30)10-3)17-27-33-25-13-14-31-29(28(25)34-27)26-12-11-20(7)35-26/h8-16,18,32H,2,6,17,30H2,1,3-5,7H3,(H,33,34)/b21-8+,22-15-,23-16+,24-10+. The largest absolute Gasteiger partial charge is 0.399 e. The van der Waals surface area contributed by atoms with Crippen molar-refractivity contribution < 1.29 is 0 Å². The van der Waals surface area contributed by atoms with E-state index in [1.54, 1.807) is 11.3 Å². The Morgan fingerprint density at radius 2 is 1.97 bits per heavy atom. The second-order valence-corrected chi connectivity index (χ2v) is 9.90. The Morgan fingerprint density at radius 3 is 2.57 bits per heavy atom. The molecule has 3 aromatic heterocycles. The first-order valence-electron chi connectivity index (χ1n) is 11.7. The van der Waals surface area contributed by atoms with Crippen LogP contribution >= 0.6 is 11.3 Å². The summed E-state index contributed by atoms with van der Waals surface area (Å²) in [5.74, 6) is 0.831. The summed E-state index contributed by atoms with van der Waals surface area (Å²) < 4.78 is 0. The molecule has 0 amide bonds. The molecule has 3 rings (SSSR count). The van der Waals surface area contributed by atoms with Gasteiger partial charge in [0.15, 0.2) is 0 Å². The lowest BCUT2D eigenvalue weighted by Crippen LogP contribution is -2.20. The van der Waals surface area contributed by atoms with E-state index in [1.807, 2.05) is 50.4 Å². The van der Waals surface area contributed by atoms with Crippen molar-refractivity contribution in [1.29, 1.82) is 0 Å². The number of pyridine rings is 1. The molecule has 0 unspecified atom stereocenters. The van der Waals surface area contributed by atoms with Crippen LogP contribution in [0.15, 0.2) is 96.0 Å². The van der Waals surface area contributed by atoms with Crippen LogP contribution in [0, 0.1) is 6.92 Å². The van der Waals surface area contributed by atoms with Crippen molar-refractivity contribution in [1.82, 2.24) is 20.3 Å². The SMILES string of the molecule is C=C/C(=C\C(=C/C)C(=C)/C=C(Cc1nc2c(-c3ccc(C)s3)nccc2[nH]1)\C(N)=C/C)NC(C)C. The molecule has 0 fully saturated rings. The van der Waals surface area contributed by atoms with Gasteiger partial charge in [-0.2, -0.15) is 0 Å². The maximum atomic E-state index is 6.40. The smallest absolute Gasteiger partial charge is 0.116 e. The summed E-state index contributed by atoms with van der Waals surface area (Å²) in [7, 11) is 0. The third-order valence-corrected chi connectivity index (χ3v) is 6.49. The molecule has 0 atom stereocenters. The highest BCUT2D eigenvalue weighted by molar-refractivity contribution is 7.15. The molecule has 0 saturated carbocycles. The Morgan fingerprint density at radius 1 is 1.20 bits per heavy atom. The number of imidazole rings is 1. The first kappa shape index (κ1) is 26.0. The van der Waals surface area contributed by atoms with Gasteiger partial charge in [-0.1, -0.05) is 25.3 Å². The molecular weight excluding hydrogens is 450 g/mol. The van der Waals surface area contributed by atoms with Crippen LogP contribution in [-0.2, 0) is 6.42 Å². The van der Waals surface area contributed by atoms with Crippen molar-refractivity contribution in [2.24, 2.45) is 5.73 Å². The number of nitrogens with zero attached hydrogens (tertiary/aromatic N) is 2. The molecule has 0 radical (unpaired) electrons. The number of allylic oxidation sites excluding steroid dienone is 8. The molecule has 182 valence electrons. The number of nitrogens with one attached hydrogen (secondary N) is 2. The number of aromatic amines is 1. The van der Waals surface area contributed by atoms with Crippen molar-refractivity contribution >= 4 is 22.4 Å². The Kier molecular flexibility index (Phi) is 8.66. The van der Waals surface area contributed by atoms with E-state index in [4.69, 9.17) is 10.7 Å². The number of nitrogens with two attached hydrogens (primary N) is 1. The van der Waals surface area contributed by atoms with E-state index >= 15 is 0 Å². The Balaban J connectivity index is 1.95. The van der Waals surface area contributed by atoms with E-state index in [9.17, 15) is 0 Å². The Labute approximate surface area is 212 Å². The van der Waals surface area contributed by atoms with Crippen LogP contribution in [0.25, 0.3) is 21.6 Å². The molecule has 35 heavy (non-hydrogen) atoms. The minimum Gasteiger partial charge on any atom is -0.399 e. The zero-order valence-electron chi connectivity index (χ0n) is 21.3. The summed E-state index contributed by atoms with van der Waals surface area (Å²) in [5, 5.41) is 3.40. The van der Waals surface area contributed by atoms with E-state index in [-0.39, 0.29) is 0 Å². The van der Waals surface area contributed by atoms with Gasteiger partial charge in [-0.3, -0.25) is 4.98 Å². The molecular formula is C29H35N5S. The summed E-state index contributed by atoms with van der Waals surface area (Å²) in [4.78, 5) is 15.3. The molecule has 0 aliphatic heterocycles. The van der Waals surface area contributed by atoms with Gasteiger partial charge < -0.3 is 16.0 Å². The van der Waals surface area contributed by atoms with Gasteiger partial charge in [0.1, 0.15) is 17.0 Å². The minimum absolute atomic E-state index is 0.306. The van der Waals surface area contributed by atoms with Gasteiger partial charge in [0.25, 0.3) is 0 Å². The molecule has 5 nitrogen and oxygen atoms in total. The van der Waals surface area contributed by atoms with Crippen LogP contribution in [0.3, 0.4) is 0 Å². The molecule has 0 aromatic carbocycles. The fraction of sp³-hybridized carbons (Fsp3) is 0.241. The quantitative estimate of drug-likeness (QED) is 0.273. The highest BCUT2D eigenvalue weighted by atomic mass is 32.1. The van der Waals surface area contributed by atoms with E-state index in [0.717, 1.165) is 49.8 Å². The monoisotopic (exact) mass is 485 g/mol. The Bertz CT molecular complexity index is 1340. The maximum Gasteiger partial charge on any atom is 0.116 e. The van der Waals surface area contributed by atoms with Gasteiger partial charge in [0.2, 0.25) is 0 Å². The fourth-order valence-electron chi connectivity index (χ4n) is 3.73. The van der Waals surface area contributed by atoms with Gasteiger partial charge in [0, 0.05) is 34.9 Å². The fourth-order valence-corrected chi connectivity index (χ4v) is 4.59. The molecule has 0 aliphatic carbocycles. The van der Waals surface area contributed by atoms with E-state index in [2.05, 4.69) is 67.4 Å². The van der Waals surface area contributed by atoms with Crippen LogP contribution in [-0.4, -0.2) is 21.0 Å². The predicted octanol–water partition coefficient (Wildman–Crippen LogP) is 6.90. The molecule has 0 bridgehead atoms. The Hall–Kier alpha value is -3.64. The van der Waals surface area contributed by atoms with Gasteiger partial charge in [-0.05, 0) is 87.8 Å². The van der Waals surface area contributed by atoms with Crippen LogP contribution in [0.4, 0.5) is 0 Å². The summed E-state index contributed by atoms with van der Waals surface area (Å²) in [6.07, 6.45) is 12.2. The van der Waals surface area contributed by atoms with Gasteiger partial charge in [-0.25, -0.2) is 4.98 Å². The lowest BCUT2D eigenvalue weighted by molar-refractivity contribution is 0.681. The van der Waals surface area contributed by atoms with Crippen molar-refractivity contribution in [2.75, 3.05) is 0 Å². The second kappa shape index (κ2) is 11.7. The second-order valence-electron chi connectivity index (χ2n) is 8.61. The van der Waals surface area contributed by atoms with Crippen molar-refractivity contribution in [3.05, 3.63) is 107 Å². The number of aromatic nitrogens is 3. The maximum absolute atomic E-state index is 6.40. The third-order valence-electron chi connectivity index (χ3n) is 5.48. The molecule has 4 N–H and O–H groups in total. The lowest BCUT2D eigenvalue weighted by Gasteiger charge is -2.13. The number of aryl methyl sites for hydroxylation is 1. The molecule has 3 heterocycles. The summed E-state index contributed by atoms with van der Waals surface area (Å²) >= 11 is 1.72. The number of thiophene rings is 1. The van der Waals surface area contributed by atoms with E-state index in [0.29, 0.717) is 18.2 Å². The minimum atomic E-state index is 0.306. The normalized spacial score (nSPS) is 13.5. The van der Waals surface area contributed by atoms with Gasteiger partial charge in [0.05, 0.1) is 10.4 Å². The molecule has 0 spiro atoms. The number of H-pyrrole nitrogens is 1. The summed E-state index contributed by atoms with van der Waals surface area (Å²) in [5.41, 5.74) is 13.6. The molecule has 0 aliphatic rings. The number of rotatable bonds is 10. The average Bonchev–Trinajstić information content (AvgIpc) is 3.45. The number of fused-ring (bicyclic) bond motifs is 1. The van der Waals surface area contributed by atoms with Crippen LogP contribution in [0.5, 0.6) is 0 Å². The van der Waals surface area contributed by atoms with E-state index < -0.39 is 0 Å². The van der Waals surface area contributed by atoms with Crippen LogP contribution in [0.1, 0.15) is 38.4 Å². The number of hydrogen-bond donors (Lipinski definition) is 3. The first-order chi connectivity index (χ1) is 16.7. The van der Waals surface area contributed by atoms with Crippen LogP contribution < -0.4 is 11.1 Å². The zero-order chi connectivity index (χ0) is 25.5. The van der Waals surface area contributed by atoms with Crippen molar-refractivity contribution in [3.8, 4) is 10.6 Å². The highest BCUT2D eigenvalue weighted by Crippen LogP contribution is 2.31. The number of hydrogen-bond acceptors (Lipinski definition) is 5. The predicted molar refractivity (Wildman–Crippen MR) is 151 cm³/mol. The summed E-state index contributed by atoms with van der Waals surface area (Å²) in [6.45, 7) is 18.5. The van der Waals surface area contributed by atoms with Crippen molar-refractivity contribution in [3.63, 3.8) is 0 Å². The zero-order valence-corrected chi connectivity index (χ0v) is 22.1. The molecule has 0 saturated heterocycles. The first-order valence-corrected chi connectivity index (χ1v) is 12.6. The average molecular weight is 486 g/mol. The van der Waals surface area contributed by atoms with Crippen molar-refractivity contribution in [2.45, 2.75) is 47.1 Å². The molecule has 6 heteroatoms. The highest BCUT2D eigenvalue weighted by Gasteiger charge is 2.14. The van der Waals surface area contributed by atoms with Gasteiger partial charge >= 0.3 is 0 Å². The lowest BCUT2D eigenvalue weighted by atomic mass is 9.99. The molecule has 3 aromatic rings.